The summed E-state index contributed by atoms with van der Waals surface area (Å²) in [6, 6.07) is 15.3. The van der Waals surface area contributed by atoms with Crippen LogP contribution < -0.4 is 0 Å². The molecule has 0 spiro atoms. The van der Waals surface area contributed by atoms with Gasteiger partial charge in [0.05, 0.1) is 0 Å². The molecule has 0 saturated heterocycles. The van der Waals surface area contributed by atoms with Gasteiger partial charge in [-0.1, -0.05) is 10.0 Å². The molecule has 0 aliphatic rings. The second-order valence-corrected chi connectivity index (χ2v) is 3.00. The Morgan fingerprint density at radius 1 is 1.15 bits per heavy atom. The van der Waals surface area contributed by atoms with Crippen molar-refractivity contribution in [3.8, 4) is 0 Å². The summed E-state index contributed by atoms with van der Waals surface area (Å²) in [5.41, 5.74) is 0. The predicted octanol–water partition coefficient (Wildman–Crippen LogP) is 4.12. The van der Waals surface area contributed by atoms with Gasteiger partial charge in [0.15, 0.2) is 0 Å². The van der Waals surface area contributed by atoms with E-state index in [4.69, 9.17) is 23.2 Å². The monoisotopic (exact) mass is 254 g/mol. The van der Waals surface area contributed by atoms with E-state index < -0.39 is 0 Å². The van der Waals surface area contributed by atoms with E-state index in [2.05, 4.69) is 0 Å². The van der Waals surface area contributed by atoms with Gasteiger partial charge >= 0.3 is 0 Å². The van der Waals surface area contributed by atoms with Crippen LogP contribution >= 0.6 is 23.2 Å². The molecule has 0 aliphatic heterocycles. The van der Waals surface area contributed by atoms with Gasteiger partial charge in [-0.2, -0.15) is 41.9 Å². The van der Waals surface area contributed by atoms with Crippen molar-refractivity contribution in [2.24, 2.45) is 0 Å². The molecule has 2 aromatic carbocycles. The van der Waals surface area contributed by atoms with Crippen molar-refractivity contribution in [2.75, 3.05) is 0 Å². The van der Waals surface area contributed by atoms with Crippen molar-refractivity contribution in [3.05, 3.63) is 58.6 Å². The van der Waals surface area contributed by atoms with E-state index >= 15 is 0 Å². The molecule has 72 valence electrons. The Balaban J connectivity index is 0.000000215. The van der Waals surface area contributed by atoms with Crippen molar-refractivity contribution in [1.82, 2.24) is 0 Å². The van der Waals surface area contributed by atoms with Crippen LogP contribution in [0, 0.1) is 0 Å². The molecule has 0 aromatic heterocycles. The van der Waals surface area contributed by atoms with Gasteiger partial charge in [0, 0.05) is 17.1 Å². The van der Waals surface area contributed by atoms with E-state index in [0.717, 1.165) is 0 Å². The Hall–Kier alpha value is -0.201. The van der Waals surface area contributed by atoms with E-state index in [9.17, 15) is 0 Å². The summed E-state index contributed by atoms with van der Waals surface area (Å²) in [7, 11) is 0. The molecule has 0 unspecified atom stereocenters. The fourth-order valence-electron chi connectivity index (χ4n) is 0.697. The summed E-state index contributed by atoms with van der Waals surface area (Å²) < 4.78 is 0. The molecule has 2 aromatic rings. The first kappa shape index (κ1) is 12.8. The van der Waals surface area contributed by atoms with Gasteiger partial charge in [-0.05, 0) is 0 Å². The zero-order valence-electron chi connectivity index (χ0n) is 6.73. The molecule has 2 rings (SSSR count). The van der Waals surface area contributed by atoms with Crippen LogP contribution in [0.5, 0.6) is 0 Å². The first-order chi connectivity index (χ1) is 5.80. The smallest absolute Gasteiger partial charge is 0 e. The molecule has 0 fully saturated rings. The van der Waals surface area contributed by atoms with Crippen LogP contribution in [0.2, 0.25) is 10.0 Å². The van der Waals surface area contributed by atoms with E-state index in [1.807, 2.05) is 36.4 Å². The third-order valence-corrected chi connectivity index (χ3v) is 2.02. The average Bonchev–Trinajstić information content (AvgIpc) is 2.67. The normalized spacial score (nSPS) is 8.15. The molecular weight excluding hydrogens is 247 g/mol. The predicted molar refractivity (Wildman–Crippen MR) is 54.1 cm³/mol. The van der Waals surface area contributed by atoms with Gasteiger partial charge in [0.1, 0.15) is 0 Å². The fourth-order valence-corrected chi connectivity index (χ4v) is 0.969. The second-order valence-electron chi connectivity index (χ2n) is 2.18. The number of halogens is 2. The van der Waals surface area contributed by atoms with Gasteiger partial charge in [-0.25, -0.2) is 18.2 Å². The molecule has 0 radical (unpaired) electrons. The summed E-state index contributed by atoms with van der Waals surface area (Å²) in [6.45, 7) is 0. The summed E-state index contributed by atoms with van der Waals surface area (Å²) in [5.74, 6) is 0. The van der Waals surface area contributed by atoms with Crippen molar-refractivity contribution >= 4 is 23.2 Å². The summed E-state index contributed by atoms with van der Waals surface area (Å²) in [5, 5.41) is 1.25. The maximum absolute atomic E-state index is 5.49. The molecule has 0 atom stereocenters. The zero-order chi connectivity index (χ0) is 8.81. The average molecular weight is 255 g/mol. The van der Waals surface area contributed by atoms with Crippen molar-refractivity contribution in [2.45, 2.75) is 0 Å². The Kier molecular flexibility index (Phi) is 7.12. The number of hydrogen-bond acceptors (Lipinski definition) is 0. The topological polar surface area (TPSA) is 0 Å². The van der Waals surface area contributed by atoms with Crippen LogP contribution in [0.4, 0.5) is 0 Å². The van der Waals surface area contributed by atoms with E-state index in [0.29, 0.717) is 10.0 Å². The Labute approximate surface area is 98.7 Å². The summed E-state index contributed by atoms with van der Waals surface area (Å²) >= 11 is 11.0. The first-order valence-corrected chi connectivity index (χ1v) is 4.29. The zero-order valence-corrected chi connectivity index (χ0v) is 9.34. The second kappa shape index (κ2) is 7.23. The maximum Gasteiger partial charge on any atom is 0 e. The molecule has 0 saturated carbocycles. The summed E-state index contributed by atoms with van der Waals surface area (Å²) in [4.78, 5) is 0. The van der Waals surface area contributed by atoms with Crippen molar-refractivity contribution in [1.29, 1.82) is 0 Å². The molecule has 0 bridgehead atoms. The Morgan fingerprint density at radius 3 is 1.92 bits per heavy atom. The maximum atomic E-state index is 5.49. The Bertz CT molecular complexity index is 265. The van der Waals surface area contributed by atoms with Gasteiger partial charge in [-0.3, -0.25) is 0 Å². The third-order valence-electron chi connectivity index (χ3n) is 1.27. The molecule has 0 N–H and O–H groups in total. The summed E-state index contributed by atoms with van der Waals surface area (Å²) in [6.07, 6.45) is 0. The molecular formula is C10H8Cl2Fe-2. The molecule has 3 heteroatoms. The van der Waals surface area contributed by atoms with E-state index in [-0.39, 0.29) is 17.1 Å². The minimum absolute atomic E-state index is 0. The van der Waals surface area contributed by atoms with E-state index in [1.54, 1.807) is 12.1 Å². The van der Waals surface area contributed by atoms with Gasteiger partial charge in [0.25, 0.3) is 0 Å². The van der Waals surface area contributed by atoms with Crippen LogP contribution in [0.3, 0.4) is 0 Å². The quantitative estimate of drug-likeness (QED) is 0.490. The molecule has 0 heterocycles. The minimum atomic E-state index is 0. The Morgan fingerprint density at radius 2 is 1.77 bits per heavy atom. The van der Waals surface area contributed by atoms with Crippen LogP contribution in [0.25, 0.3) is 0 Å². The standard InChI is InChI=1S/C5H3Cl2.C5H5.Fe/c6-4-2-1-3-5(4)7;1-2-4-5-3-1;/h1-3H;1-5H;/q2*-1;. The van der Waals surface area contributed by atoms with Crippen LogP contribution in [0.1, 0.15) is 0 Å². The molecule has 13 heavy (non-hydrogen) atoms. The SMILES string of the molecule is Clc1ccc[c-]1Cl.[Fe].c1cc[cH-]c1. The van der Waals surface area contributed by atoms with Crippen LogP contribution in [-0.2, 0) is 17.1 Å². The van der Waals surface area contributed by atoms with Crippen molar-refractivity contribution in [3.63, 3.8) is 0 Å². The van der Waals surface area contributed by atoms with Gasteiger partial charge < -0.3 is 0 Å². The first-order valence-electron chi connectivity index (χ1n) is 3.54. The minimum Gasteiger partial charge on any atom is -0.214 e. The largest absolute Gasteiger partial charge is 0.214 e. The third kappa shape index (κ3) is 5.17. The fraction of sp³-hybridized carbons (Fsp3) is 0. The molecule has 0 amide bonds. The van der Waals surface area contributed by atoms with Crippen LogP contribution in [0.15, 0.2) is 48.5 Å². The van der Waals surface area contributed by atoms with Crippen molar-refractivity contribution < 1.29 is 17.1 Å². The number of hydrogen-bond donors (Lipinski definition) is 0. The molecule has 0 nitrogen and oxygen atoms in total. The van der Waals surface area contributed by atoms with E-state index in [1.165, 1.54) is 0 Å². The van der Waals surface area contributed by atoms with Gasteiger partial charge in [0.2, 0.25) is 0 Å². The molecule has 0 aliphatic carbocycles. The van der Waals surface area contributed by atoms with Gasteiger partial charge in [-0.15, -0.1) is 11.6 Å². The van der Waals surface area contributed by atoms with Crippen LogP contribution in [-0.4, -0.2) is 0 Å². The number of rotatable bonds is 0.